The maximum Gasteiger partial charge on any atom is 0.441 e. The first-order valence-corrected chi connectivity index (χ1v) is 6.23. The Kier molecular flexibility index (Phi) is 5.28. The Bertz CT molecular complexity index is 454. The molecule has 0 aliphatic rings. The molecule has 0 unspecified atom stereocenters. The van der Waals surface area contributed by atoms with E-state index >= 15 is 0 Å². The summed E-state index contributed by atoms with van der Waals surface area (Å²) >= 11 is -0.171. The van der Waals surface area contributed by atoms with E-state index in [4.69, 9.17) is 0 Å². The molecule has 0 saturated carbocycles. The normalized spacial score (nSPS) is 11.2. The van der Waals surface area contributed by atoms with Crippen molar-refractivity contribution in [3.63, 3.8) is 0 Å². The number of hydrogen-bond acceptors (Lipinski definition) is 5. The summed E-state index contributed by atoms with van der Waals surface area (Å²) < 4.78 is 35.8. The van der Waals surface area contributed by atoms with Crippen LogP contribution in [0.25, 0.3) is 0 Å². The number of hydrogen-bond donors (Lipinski definition) is 2. The fourth-order valence-corrected chi connectivity index (χ4v) is 1.87. The molecule has 0 amide bonds. The van der Waals surface area contributed by atoms with Crippen LogP contribution in [0.3, 0.4) is 0 Å². The Morgan fingerprint density at radius 1 is 1.37 bits per heavy atom. The van der Waals surface area contributed by atoms with Gasteiger partial charge in [0.15, 0.2) is 0 Å². The van der Waals surface area contributed by atoms with Crippen molar-refractivity contribution in [1.82, 2.24) is 0 Å². The minimum Gasteiger partial charge on any atom is -0.382 e. The largest absolute Gasteiger partial charge is 0.441 e. The van der Waals surface area contributed by atoms with Crippen LogP contribution in [0.2, 0.25) is 0 Å². The second-order valence-corrected chi connectivity index (χ2v) is 4.59. The SMILES string of the molecule is CNc1cccc(NCCSC(F)(F)F)c1[N+](=O)[O-]. The molecule has 0 fully saturated rings. The molecule has 106 valence electrons. The number of anilines is 2. The van der Waals surface area contributed by atoms with E-state index in [1.165, 1.54) is 19.2 Å². The number of nitro groups is 1. The van der Waals surface area contributed by atoms with Gasteiger partial charge in [0.25, 0.3) is 0 Å². The Morgan fingerprint density at radius 3 is 2.53 bits per heavy atom. The number of nitrogens with zero attached hydrogens (tertiary/aromatic N) is 1. The fourth-order valence-electron chi connectivity index (χ4n) is 1.44. The van der Waals surface area contributed by atoms with Gasteiger partial charge < -0.3 is 10.6 Å². The van der Waals surface area contributed by atoms with E-state index in [1.807, 2.05) is 0 Å². The minimum absolute atomic E-state index is 0.0157. The Morgan fingerprint density at radius 2 is 2.00 bits per heavy atom. The third kappa shape index (κ3) is 4.86. The van der Waals surface area contributed by atoms with E-state index in [-0.39, 0.29) is 35.4 Å². The molecule has 0 bridgehead atoms. The average molecular weight is 295 g/mol. The number of alkyl halides is 3. The second kappa shape index (κ2) is 6.50. The summed E-state index contributed by atoms with van der Waals surface area (Å²) in [6, 6.07) is 4.56. The van der Waals surface area contributed by atoms with Crippen LogP contribution in [-0.2, 0) is 0 Å². The zero-order chi connectivity index (χ0) is 14.5. The van der Waals surface area contributed by atoms with E-state index in [0.29, 0.717) is 5.69 Å². The molecule has 0 heterocycles. The van der Waals surface area contributed by atoms with Gasteiger partial charge in [0.05, 0.1) is 4.92 Å². The summed E-state index contributed by atoms with van der Waals surface area (Å²) in [6.07, 6.45) is 0. The monoisotopic (exact) mass is 295 g/mol. The van der Waals surface area contributed by atoms with E-state index in [9.17, 15) is 23.3 Å². The van der Waals surface area contributed by atoms with Gasteiger partial charge in [-0.05, 0) is 23.9 Å². The molecule has 0 aromatic heterocycles. The summed E-state index contributed by atoms with van der Waals surface area (Å²) in [5.74, 6) is -0.218. The zero-order valence-corrected chi connectivity index (χ0v) is 10.8. The van der Waals surface area contributed by atoms with Gasteiger partial charge in [0.1, 0.15) is 11.4 Å². The number of para-hydroxylation sites is 1. The van der Waals surface area contributed by atoms with Crippen molar-refractivity contribution in [2.75, 3.05) is 30.0 Å². The maximum atomic E-state index is 11.9. The van der Waals surface area contributed by atoms with Crippen LogP contribution in [0, 0.1) is 10.1 Å². The molecule has 1 aromatic carbocycles. The highest BCUT2D eigenvalue weighted by Crippen LogP contribution is 2.33. The van der Waals surface area contributed by atoms with Crippen LogP contribution in [0.4, 0.5) is 30.2 Å². The Hall–Kier alpha value is -1.64. The van der Waals surface area contributed by atoms with E-state index in [0.717, 1.165) is 0 Å². The van der Waals surface area contributed by atoms with Crippen LogP contribution >= 0.6 is 11.8 Å². The highest BCUT2D eigenvalue weighted by atomic mass is 32.2. The number of rotatable bonds is 6. The van der Waals surface area contributed by atoms with Gasteiger partial charge in [0.2, 0.25) is 0 Å². The summed E-state index contributed by atoms with van der Waals surface area (Å²) in [7, 11) is 1.53. The molecule has 5 nitrogen and oxygen atoms in total. The topological polar surface area (TPSA) is 67.2 Å². The molecule has 1 rings (SSSR count). The zero-order valence-electron chi connectivity index (χ0n) is 9.95. The second-order valence-electron chi connectivity index (χ2n) is 3.43. The molecule has 0 spiro atoms. The van der Waals surface area contributed by atoms with Gasteiger partial charge >= 0.3 is 11.2 Å². The quantitative estimate of drug-likeness (QED) is 0.479. The van der Waals surface area contributed by atoms with Crippen LogP contribution in [0.15, 0.2) is 18.2 Å². The average Bonchev–Trinajstić information content (AvgIpc) is 2.32. The van der Waals surface area contributed by atoms with Gasteiger partial charge in [-0.1, -0.05) is 6.07 Å². The first kappa shape index (κ1) is 15.4. The third-order valence-corrected chi connectivity index (χ3v) is 2.91. The van der Waals surface area contributed by atoms with Gasteiger partial charge in [-0.25, -0.2) is 0 Å². The van der Waals surface area contributed by atoms with Crippen LogP contribution in [-0.4, -0.2) is 29.8 Å². The van der Waals surface area contributed by atoms with Crippen molar-refractivity contribution in [1.29, 1.82) is 0 Å². The predicted octanol–water partition coefficient (Wildman–Crippen LogP) is 3.30. The van der Waals surface area contributed by atoms with E-state index in [1.54, 1.807) is 6.07 Å². The Labute approximate surface area is 111 Å². The predicted molar refractivity (Wildman–Crippen MR) is 69.6 cm³/mol. The van der Waals surface area contributed by atoms with Gasteiger partial charge in [-0.3, -0.25) is 10.1 Å². The molecule has 1 aromatic rings. The fraction of sp³-hybridized carbons (Fsp3) is 0.400. The number of thioether (sulfide) groups is 1. The molecule has 0 aliphatic heterocycles. The lowest BCUT2D eigenvalue weighted by molar-refractivity contribution is -0.383. The maximum absolute atomic E-state index is 11.9. The summed E-state index contributed by atoms with van der Waals surface area (Å²) in [6.45, 7) is -0.0157. The summed E-state index contributed by atoms with van der Waals surface area (Å²) in [5, 5.41) is 16.2. The molecular formula is C10H12F3N3O2S. The van der Waals surface area contributed by atoms with Crippen molar-refractivity contribution in [2.24, 2.45) is 0 Å². The number of nitrogens with one attached hydrogen (secondary N) is 2. The van der Waals surface area contributed by atoms with Crippen molar-refractivity contribution in [3.05, 3.63) is 28.3 Å². The summed E-state index contributed by atoms with van der Waals surface area (Å²) in [4.78, 5) is 10.4. The van der Waals surface area contributed by atoms with E-state index < -0.39 is 10.4 Å². The van der Waals surface area contributed by atoms with Gasteiger partial charge in [0, 0.05) is 19.3 Å². The lowest BCUT2D eigenvalue weighted by Gasteiger charge is -2.10. The van der Waals surface area contributed by atoms with Crippen molar-refractivity contribution in [2.45, 2.75) is 5.51 Å². The highest BCUT2D eigenvalue weighted by molar-refractivity contribution is 8.00. The molecule has 9 heteroatoms. The van der Waals surface area contributed by atoms with Crippen molar-refractivity contribution in [3.8, 4) is 0 Å². The van der Waals surface area contributed by atoms with E-state index in [2.05, 4.69) is 10.6 Å². The lowest BCUT2D eigenvalue weighted by Crippen LogP contribution is -2.11. The first-order valence-electron chi connectivity index (χ1n) is 5.25. The summed E-state index contributed by atoms with van der Waals surface area (Å²) in [5.41, 5.74) is -3.97. The highest BCUT2D eigenvalue weighted by Gasteiger charge is 2.27. The molecule has 2 N–H and O–H groups in total. The smallest absolute Gasteiger partial charge is 0.382 e. The molecule has 0 radical (unpaired) electrons. The van der Waals surface area contributed by atoms with Crippen molar-refractivity contribution >= 4 is 28.8 Å². The lowest BCUT2D eigenvalue weighted by atomic mass is 10.2. The van der Waals surface area contributed by atoms with Crippen LogP contribution in [0.5, 0.6) is 0 Å². The standard InChI is InChI=1S/C10H12F3N3O2S/c1-14-7-3-2-4-8(9(7)16(17)18)15-5-6-19-10(11,12)13/h2-4,14-15H,5-6H2,1H3. The van der Waals surface area contributed by atoms with Crippen LogP contribution in [0.1, 0.15) is 0 Å². The Balaban J connectivity index is 2.70. The van der Waals surface area contributed by atoms with Gasteiger partial charge in [-0.2, -0.15) is 13.2 Å². The molecule has 0 atom stereocenters. The number of benzene rings is 1. The number of halogens is 3. The molecule has 0 aliphatic carbocycles. The number of nitro benzene ring substituents is 1. The van der Waals surface area contributed by atoms with Gasteiger partial charge in [-0.15, -0.1) is 0 Å². The van der Waals surface area contributed by atoms with Crippen LogP contribution < -0.4 is 10.6 Å². The molecular weight excluding hydrogens is 283 g/mol. The first-order chi connectivity index (χ1) is 8.85. The van der Waals surface area contributed by atoms with Crippen molar-refractivity contribution < 1.29 is 18.1 Å². The molecule has 19 heavy (non-hydrogen) atoms. The molecule has 0 saturated heterocycles. The minimum atomic E-state index is -4.29. The third-order valence-electron chi connectivity index (χ3n) is 2.17.